The fourth-order valence-corrected chi connectivity index (χ4v) is 5.17. The number of aromatic nitrogens is 5. The zero-order valence-corrected chi connectivity index (χ0v) is 21.1. The van der Waals surface area contributed by atoms with E-state index in [4.69, 9.17) is 5.73 Å². The van der Waals surface area contributed by atoms with Gasteiger partial charge in [-0.1, -0.05) is 0 Å². The van der Waals surface area contributed by atoms with Crippen molar-refractivity contribution in [3.63, 3.8) is 0 Å². The number of carbonyl (C=O) groups excluding carboxylic acids is 2. The number of nitrogens with zero attached hydrogens (tertiary/aromatic N) is 5. The van der Waals surface area contributed by atoms with Gasteiger partial charge in [0, 0.05) is 35.9 Å². The molecule has 0 spiro atoms. The highest BCUT2D eigenvalue weighted by atomic mass is 79.9. The van der Waals surface area contributed by atoms with Crippen molar-refractivity contribution in [2.75, 3.05) is 5.32 Å². The highest BCUT2D eigenvalue weighted by molar-refractivity contribution is 9.10. The van der Waals surface area contributed by atoms with Crippen LogP contribution in [0.4, 0.5) is 18.9 Å². The fraction of sp³-hybridized carbons (Fsp3) is 0.286. The van der Waals surface area contributed by atoms with Gasteiger partial charge in [-0.2, -0.15) is 23.4 Å². The molecule has 0 unspecified atom stereocenters. The molecular weight excluding hydrogens is 551 g/mol. The second-order valence-electron chi connectivity index (χ2n) is 7.50. The summed E-state index contributed by atoms with van der Waals surface area (Å²) in [6.07, 6.45) is -1.68. The number of carbonyl (C=O) groups is 2. The predicted molar refractivity (Wildman–Crippen MR) is 128 cm³/mol. The average molecular weight is 570 g/mol. The third kappa shape index (κ3) is 4.43. The molecule has 4 aromatic rings. The van der Waals surface area contributed by atoms with Crippen molar-refractivity contribution in [1.82, 2.24) is 24.5 Å². The van der Waals surface area contributed by atoms with Gasteiger partial charge in [-0.05, 0) is 48.3 Å². The van der Waals surface area contributed by atoms with Crippen LogP contribution in [0.3, 0.4) is 0 Å². The first-order chi connectivity index (χ1) is 16.5. The molecule has 4 heterocycles. The first kappa shape index (κ1) is 24.9. The van der Waals surface area contributed by atoms with Gasteiger partial charge in [-0.15, -0.1) is 11.3 Å². The number of pyridine rings is 1. The summed E-state index contributed by atoms with van der Waals surface area (Å²) in [6, 6.07) is 0.890. The Hall–Kier alpha value is -3.26. The van der Waals surface area contributed by atoms with Gasteiger partial charge < -0.3 is 11.1 Å². The minimum Gasteiger partial charge on any atom is -0.365 e. The molecule has 0 saturated heterocycles. The molecule has 3 N–H and O–H groups in total. The molecule has 0 aliphatic heterocycles. The quantitative estimate of drug-likeness (QED) is 0.344. The maximum Gasteiger partial charge on any atom is 0.433 e. The van der Waals surface area contributed by atoms with Gasteiger partial charge in [-0.25, -0.2) is 4.98 Å². The number of alkyl halides is 3. The molecule has 14 heteroatoms. The van der Waals surface area contributed by atoms with Crippen LogP contribution >= 0.6 is 27.3 Å². The van der Waals surface area contributed by atoms with Crippen LogP contribution in [0.15, 0.2) is 22.9 Å². The Morgan fingerprint density at radius 1 is 1.23 bits per heavy atom. The molecule has 0 aromatic carbocycles. The molecule has 0 atom stereocenters. The number of fused-ring (bicyclic) bond motifs is 1. The summed E-state index contributed by atoms with van der Waals surface area (Å²) in [5.41, 5.74) is 5.56. The van der Waals surface area contributed by atoms with Crippen molar-refractivity contribution in [3.8, 4) is 11.1 Å². The number of primary amides is 1. The number of aryl methyl sites for hydroxylation is 2. The van der Waals surface area contributed by atoms with E-state index < -0.39 is 23.7 Å². The number of hydrogen-bond donors (Lipinski definition) is 2. The summed E-state index contributed by atoms with van der Waals surface area (Å²) in [4.78, 5) is 28.9. The minimum atomic E-state index is -4.74. The highest BCUT2D eigenvalue weighted by Crippen LogP contribution is 2.44. The SMILES string of the molecule is CCn1cc(Br)c(C(=O)Nc2c(C(N)=O)sc3nc(C(F)(F)F)cc(-c4cnn(CC)c4C)c23)n1. The number of amides is 2. The second-order valence-corrected chi connectivity index (χ2v) is 9.35. The van der Waals surface area contributed by atoms with E-state index in [0.717, 1.165) is 6.07 Å². The van der Waals surface area contributed by atoms with Gasteiger partial charge in [-0.3, -0.25) is 19.0 Å². The topological polar surface area (TPSA) is 121 Å². The molecule has 0 saturated carbocycles. The average Bonchev–Trinajstić information content (AvgIpc) is 3.47. The Morgan fingerprint density at radius 2 is 1.94 bits per heavy atom. The largest absolute Gasteiger partial charge is 0.433 e. The number of halogens is 4. The first-order valence-electron chi connectivity index (χ1n) is 10.4. The third-order valence-corrected chi connectivity index (χ3v) is 7.04. The Balaban J connectivity index is 1.99. The molecule has 0 fully saturated rings. The van der Waals surface area contributed by atoms with Gasteiger partial charge in [0.05, 0.1) is 16.4 Å². The Morgan fingerprint density at radius 3 is 2.49 bits per heavy atom. The third-order valence-electron chi connectivity index (χ3n) is 5.36. The van der Waals surface area contributed by atoms with Crippen LogP contribution in [0, 0.1) is 6.92 Å². The standard InChI is InChI=1S/C21H19BrF3N7O2S/c1-4-31-8-12(22)15(30-31)19(34)29-16-14-10(11-7-27-32(5-2)9(11)3)6-13(21(23,24)25)28-20(14)35-17(16)18(26)33/h6-8H,4-5H2,1-3H3,(H2,26,33)(H,29,34). The zero-order valence-electron chi connectivity index (χ0n) is 18.7. The van der Waals surface area contributed by atoms with Crippen molar-refractivity contribution >= 4 is 55.0 Å². The minimum absolute atomic E-state index is 0.0275. The van der Waals surface area contributed by atoms with Crippen LogP contribution in [0.5, 0.6) is 0 Å². The van der Waals surface area contributed by atoms with E-state index in [1.165, 1.54) is 10.9 Å². The summed E-state index contributed by atoms with van der Waals surface area (Å²) in [5.74, 6) is -1.58. The molecule has 0 aliphatic rings. The number of hydrogen-bond acceptors (Lipinski definition) is 6. The molecule has 184 valence electrons. The Kier molecular flexibility index (Phi) is 6.44. The lowest BCUT2D eigenvalue weighted by atomic mass is 10.0. The van der Waals surface area contributed by atoms with Crippen molar-refractivity contribution in [2.24, 2.45) is 5.73 Å². The molecule has 4 rings (SSSR count). The number of anilines is 1. The molecule has 35 heavy (non-hydrogen) atoms. The summed E-state index contributed by atoms with van der Waals surface area (Å²) in [6.45, 7) is 6.42. The maximum absolute atomic E-state index is 13.7. The zero-order chi connectivity index (χ0) is 25.7. The van der Waals surface area contributed by atoms with E-state index in [1.54, 1.807) is 17.8 Å². The van der Waals surface area contributed by atoms with E-state index in [-0.39, 0.29) is 32.0 Å². The van der Waals surface area contributed by atoms with Gasteiger partial charge in [0.1, 0.15) is 15.4 Å². The first-order valence-corrected chi connectivity index (χ1v) is 12.0. The maximum atomic E-state index is 13.7. The van der Waals surface area contributed by atoms with Gasteiger partial charge in [0.15, 0.2) is 5.69 Å². The number of rotatable bonds is 6. The van der Waals surface area contributed by atoms with Crippen LogP contribution in [-0.4, -0.2) is 36.4 Å². The van der Waals surface area contributed by atoms with Crippen molar-refractivity contribution < 1.29 is 22.8 Å². The lowest BCUT2D eigenvalue weighted by molar-refractivity contribution is -0.140. The fourth-order valence-electron chi connectivity index (χ4n) is 3.66. The van der Waals surface area contributed by atoms with E-state index >= 15 is 0 Å². The van der Waals surface area contributed by atoms with Crippen molar-refractivity contribution in [3.05, 3.63) is 44.9 Å². The van der Waals surface area contributed by atoms with Crippen LogP contribution in [-0.2, 0) is 19.3 Å². The molecule has 0 aliphatic carbocycles. The Bertz CT molecular complexity index is 1470. The highest BCUT2D eigenvalue weighted by Gasteiger charge is 2.35. The summed E-state index contributed by atoms with van der Waals surface area (Å²) in [5, 5.41) is 11.2. The van der Waals surface area contributed by atoms with Gasteiger partial charge in [0.2, 0.25) is 0 Å². The molecule has 2 amide bonds. The van der Waals surface area contributed by atoms with Crippen molar-refractivity contribution in [1.29, 1.82) is 0 Å². The van der Waals surface area contributed by atoms with Crippen LogP contribution in [0.1, 0.15) is 45.4 Å². The molecule has 4 aromatic heterocycles. The smallest absolute Gasteiger partial charge is 0.365 e. The normalized spacial score (nSPS) is 11.9. The van der Waals surface area contributed by atoms with E-state index in [2.05, 4.69) is 36.4 Å². The van der Waals surface area contributed by atoms with E-state index in [9.17, 15) is 22.8 Å². The summed E-state index contributed by atoms with van der Waals surface area (Å²) >= 11 is 3.96. The van der Waals surface area contributed by atoms with Gasteiger partial charge >= 0.3 is 6.18 Å². The number of nitrogens with two attached hydrogens (primary N) is 1. The van der Waals surface area contributed by atoms with E-state index in [0.29, 0.717) is 40.2 Å². The molecule has 0 bridgehead atoms. The predicted octanol–water partition coefficient (Wildman–Crippen LogP) is 4.84. The summed E-state index contributed by atoms with van der Waals surface area (Å²) in [7, 11) is 0. The molecular formula is C21H19BrF3N7O2S. The lowest BCUT2D eigenvalue weighted by Crippen LogP contribution is -2.18. The lowest BCUT2D eigenvalue weighted by Gasteiger charge is -2.12. The number of nitrogens with one attached hydrogen (secondary N) is 1. The second kappa shape index (κ2) is 9.07. The van der Waals surface area contributed by atoms with E-state index in [1.807, 2.05) is 13.8 Å². The van der Waals surface area contributed by atoms with Crippen molar-refractivity contribution in [2.45, 2.75) is 40.0 Å². The monoisotopic (exact) mass is 569 g/mol. The molecule has 0 radical (unpaired) electrons. The number of thiophene rings is 1. The van der Waals surface area contributed by atoms with Crippen LogP contribution in [0.2, 0.25) is 0 Å². The van der Waals surface area contributed by atoms with Crippen LogP contribution < -0.4 is 11.1 Å². The van der Waals surface area contributed by atoms with Crippen LogP contribution in [0.25, 0.3) is 21.3 Å². The Labute approximate surface area is 209 Å². The molecule has 9 nitrogen and oxygen atoms in total. The summed E-state index contributed by atoms with van der Waals surface area (Å²) < 4.78 is 44.7. The van der Waals surface area contributed by atoms with Gasteiger partial charge in [0.25, 0.3) is 11.8 Å².